The van der Waals surface area contributed by atoms with Crippen LogP contribution in [0.15, 0.2) is 18.3 Å². The van der Waals surface area contributed by atoms with Crippen LogP contribution >= 0.6 is 0 Å². The number of hydrogen-bond acceptors (Lipinski definition) is 5. The SMILES string of the molecule is CCN(CC(=O)OC)Cc1cccnc1OC. The fourth-order valence-corrected chi connectivity index (χ4v) is 1.50. The lowest BCUT2D eigenvalue weighted by atomic mass is 10.2. The first-order chi connectivity index (χ1) is 8.21. The predicted octanol–water partition coefficient (Wildman–Crippen LogP) is 1.09. The maximum Gasteiger partial charge on any atom is 0.319 e. The number of carbonyl (C=O) groups is 1. The number of nitrogens with zero attached hydrogens (tertiary/aromatic N) is 2. The Morgan fingerprint density at radius 3 is 2.82 bits per heavy atom. The van der Waals surface area contributed by atoms with Crippen LogP contribution < -0.4 is 4.74 Å². The summed E-state index contributed by atoms with van der Waals surface area (Å²) in [6.45, 7) is 3.63. The maximum atomic E-state index is 11.2. The summed E-state index contributed by atoms with van der Waals surface area (Å²) in [5, 5.41) is 0. The third-order valence-corrected chi connectivity index (χ3v) is 2.46. The summed E-state index contributed by atoms with van der Waals surface area (Å²) in [4.78, 5) is 17.3. The van der Waals surface area contributed by atoms with Crippen molar-refractivity contribution in [3.8, 4) is 5.88 Å². The Bertz CT molecular complexity index is 369. The van der Waals surface area contributed by atoms with E-state index in [0.29, 0.717) is 12.4 Å². The van der Waals surface area contributed by atoms with Crippen molar-refractivity contribution in [1.82, 2.24) is 9.88 Å². The Morgan fingerprint density at radius 1 is 1.47 bits per heavy atom. The highest BCUT2D eigenvalue weighted by Gasteiger charge is 2.12. The van der Waals surface area contributed by atoms with Crippen LogP contribution in [0, 0.1) is 0 Å². The molecule has 1 aromatic rings. The molecule has 5 heteroatoms. The van der Waals surface area contributed by atoms with Gasteiger partial charge in [-0.2, -0.15) is 0 Å². The fraction of sp³-hybridized carbons (Fsp3) is 0.500. The van der Waals surface area contributed by atoms with Gasteiger partial charge in [0.15, 0.2) is 0 Å². The summed E-state index contributed by atoms with van der Waals surface area (Å²) >= 11 is 0. The number of hydrogen-bond donors (Lipinski definition) is 0. The van der Waals surface area contributed by atoms with Gasteiger partial charge in [0.2, 0.25) is 5.88 Å². The largest absolute Gasteiger partial charge is 0.481 e. The van der Waals surface area contributed by atoms with E-state index in [4.69, 9.17) is 4.74 Å². The third-order valence-electron chi connectivity index (χ3n) is 2.46. The van der Waals surface area contributed by atoms with Gasteiger partial charge in [-0.3, -0.25) is 9.69 Å². The minimum Gasteiger partial charge on any atom is -0.481 e. The zero-order valence-electron chi connectivity index (χ0n) is 10.5. The summed E-state index contributed by atoms with van der Waals surface area (Å²) in [5.41, 5.74) is 0.959. The number of likely N-dealkylation sites (N-methyl/N-ethyl adjacent to an activating group) is 1. The van der Waals surface area contributed by atoms with E-state index in [0.717, 1.165) is 12.1 Å². The summed E-state index contributed by atoms with van der Waals surface area (Å²) < 4.78 is 9.82. The first-order valence-corrected chi connectivity index (χ1v) is 5.48. The van der Waals surface area contributed by atoms with Gasteiger partial charge in [0.05, 0.1) is 20.8 Å². The molecule has 0 saturated heterocycles. The highest BCUT2D eigenvalue weighted by Crippen LogP contribution is 2.15. The summed E-state index contributed by atoms with van der Waals surface area (Å²) in [6, 6.07) is 3.79. The molecule has 94 valence electrons. The van der Waals surface area contributed by atoms with Crippen molar-refractivity contribution >= 4 is 5.97 Å². The molecule has 0 bridgehead atoms. The van der Waals surface area contributed by atoms with E-state index >= 15 is 0 Å². The highest BCUT2D eigenvalue weighted by atomic mass is 16.5. The second kappa shape index (κ2) is 6.85. The van der Waals surface area contributed by atoms with Gasteiger partial charge in [0.25, 0.3) is 0 Å². The van der Waals surface area contributed by atoms with E-state index in [1.165, 1.54) is 7.11 Å². The molecule has 17 heavy (non-hydrogen) atoms. The lowest BCUT2D eigenvalue weighted by Crippen LogP contribution is -2.30. The van der Waals surface area contributed by atoms with Crippen LogP contribution in [0.3, 0.4) is 0 Å². The molecule has 0 N–H and O–H groups in total. The molecule has 0 radical (unpaired) electrons. The van der Waals surface area contributed by atoms with Gasteiger partial charge in [-0.05, 0) is 12.6 Å². The van der Waals surface area contributed by atoms with Crippen LogP contribution in [0.5, 0.6) is 5.88 Å². The van der Waals surface area contributed by atoms with E-state index < -0.39 is 0 Å². The Kier molecular flexibility index (Phi) is 5.42. The van der Waals surface area contributed by atoms with Crippen LogP contribution in [0.2, 0.25) is 0 Å². The van der Waals surface area contributed by atoms with Crippen LogP contribution in [-0.2, 0) is 16.1 Å². The number of ether oxygens (including phenoxy) is 2. The van der Waals surface area contributed by atoms with E-state index in [2.05, 4.69) is 9.72 Å². The van der Waals surface area contributed by atoms with Gasteiger partial charge >= 0.3 is 5.97 Å². The predicted molar refractivity (Wildman–Crippen MR) is 63.8 cm³/mol. The Labute approximate surface area is 101 Å². The molecule has 0 spiro atoms. The molecule has 0 atom stereocenters. The second-order valence-electron chi connectivity index (χ2n) is 3.55. The van der Waals surface area contributed by atoms with Crippen LogP contribution in [-0.4, -0.2) is 43.2 Å². The fourth-order valence-electron chi connectivity index (χ4n) is 1.50. The van der Waals surface area contributed by atoms with Crippen molar-refractivity contribution in [2.45, 2.75) is 13.5 Å². The molecule has 0 unspecified atom stereocenters. The molecule has 1 aromatic heterocycles. The number of methoxy groups -OCH3 is 2. The normalized spacial score (nSPS) is 10.4. The molecular formula is C12H18N2O3. The van der Waals surface area contributed by atoms with E-state index in [1.807, 2.05) is 24.0 Å². The lowest BCUT2D eigenvalue weighted by molar-refractivity contribution is -0.142. The number of pyridine rings is 1. The van der Waals surface area contributed by atoms with Gasteiger partial charge in [0, 0.05) is 18.3 Å². The zero-order valence-corrected chi connectivity index (χ0v) is 10.5. The van der Waals surface area contributed by atoms with Crippen molar-refractivity contribution in [2.24, 2.45) is 0 Å². The summed E-state index contributed by atoms with van der Waals surface area (Å²) in [5.74, 6) is 0.352. The van der Waals surface area contributed by atoms with E-state index in [9.17, 15) is 4.79 Å². The molecule has 1 heterocycles. The maximum absolute atomic E-state index is 11.2. The molecule has 0 aromatic carbocycles. The summed E-state index contributed by atoms with van der Waals surface area (Å²) in [6.07, 6.45) is 1.68. The van der Waals surface area contributed by atoms with Crippen molar-refractivity contribution < 1.29 is 14.3 Å². The van der Waals surface area contributed by atoms with Gasteiger partial charge < -0.3 is 9.47 Å². The molecule has 0 aliphatic carbocycles. The standard InChI is InChI=1S/C12H18N2O3/c1-4-14(9-11(15)16-2)8-10-6-5-7-13-12(10)17-3/h5-7H,4,8-9H2,1-3H3. The monoisotopic (exact) mass is 238 g/mol. The molecule has 1 rings (SSSR count). The smallest absolute Gasteiger partial charge is 0.319 e. The average Bonchev–Trinajstić information content (AvgIpc) is 2.38. The van der Waals surface area contributed by atoms with E-state index in [-0.39, 0.29) is 12.5 Å². The minimum atomic E-state index is -0.241. The number of esters is 1. The minimum absolute atomic E-state index is 0.241. The molecule has 0 amide bonds. The van der Waals surface area contributed by atoms with Crippen molar-refractivity contribution in [1.29, 1.82) is 0 Å². The van der Waals surface area contributed by atoms with Gasteiger partial charge in [-0.25, -0.2) is 4.98 Å². The Morgan fingerprint density at radius 2 is 2.24 bits per heavy atom. The van der Waals surface area contributed by atoms with Gasteiger partial charge in [-0.1, -0.05) is 13.0 Å². The van der Waals surface area contributed by atoms with Gasteiger partial charge in [-0.15, -0.1) is 0 Å². The highest BCUT2D eigenvalue weighted by molar-refractivity contribution is 5.71. The first kappa shape index (κ1) is 13.4. The number of carbonyl (C=O) groups excluding carboxylic acids is 1. The number of aromatic nitrogens is 1. The topological polar surface area (TPSA) is 51.7 Å². The van der Waals surface area contributed by atoms with Crippen LogP contribution in [0.4, 0.5) is 0 Å². The number of rotatable bonds is 6. The Hall–Kier alpha value is -1.62. The summed E-state index contributed by atoms with van der Waals surface area (Å²) in [7, 11) is 2.98. The van der Waals surface area contributed by atoms with Crippen LogP contribution in [0.1, 0.15) is 12.5 Å². The quantitative estimate of drug-likeness (QED) is 0.694. The van der Waals surface area contributed by atoms with Gasteiger partial charge in [0.1, 0.15) is 0 Å². The molecular weight excluding hydrogens is 220 g/mol. The zero-order chi connectivity index (χ0) is 12.7. The average molecular weight is 238 g/mol. The molecule has 0 saturated carbocycles. The second-order valence-corrected chi connectivity index (χ2v) is 3.55. The molecule has 5 nitrogen and oxygen atoms in total. The molecule has 0 aliphatic rings. The lowest BCUT2D eigenvalue weighted by Gasteiger charge is -2.19. The van der Waals surface area contributed by atoms with E-state index in [1.54, 1.807) is 13.3 Å². The molecule has 0 fully saturated rings. The van der Waals surface area contributed by atoms with Crippen molar-refractivity contribution in [3.63, 3.8) is 0 Å². The third kappa shape index (κ3) is 4.03. The van der Waals surface area contributed by atoms with Crippen molar-refractivity contribution in [2.75, 3.05) is 27.3 Å². The van der Waals surface area contributed by atoms with Crippen LogP contribution in [0.25, 0.3) is 0 Å². The Balaban J connectivity index is 2.69. The van der Waals surface area contributed by atoms with Crippen molar-refractivity contribution in [3.05, 3.63) is 23.9 Å². The first-order valence-electron chi connectivity index (χ1n) is 5.48. The molecule has 0 aliphatic heterocycles.